The maximum atomic E-state index is 13.4. The van der Waals surface area contributed by atoms with Crippen molar-refractivity contribution in [1.29, 1.82) is 0 Å². The van der Waals surface area contributed by atoms with Crippen LogP contribution in [0.3, 0.4) is 0 Å². The molecule has 0 bridgehead atoms. The topological polar surface area (TPSA) is 159 Å². The van der Waals surface area contributed by atoms with E-state index in [4.69, 9.17) is 4.28 Å². The van der Waals surface area contributed by atoms with E-state index in [2.05, 4.69) is 10.6 Å². The van der Waals surface area contributed by atoms with Crippen LogP contribution in [-0.2, 0) is 24.2 Å². The first-order chi connectivity index (χ1) is 20.8. The molecule has 0 saturated carbocycles. The molecule has 0 radical (unpaired) electrons. The van der Waals surface area contributed by atoms with E-state index in [0.717, 1.165) is 6.26 Å². The molecule has 3 N–H and O–H groups in total. The number of para-hydroxylation sites is 1. The van der Waals surface area contributed by atoms with Gasteiger partial charge in [0.2, 0.25) is 0 Å². The number of anilines is 2. The van der Waals surface area contributed by atoms with Gasteiger partial charge < -0.3 is 15.7 Å². The zero-order chi connectivity index (χ0) is 31.9. The fourth-order valence-corrected chi connectivity index (χ4v) is 5.42. The second-order valence-electron chi connectivity index (χ2n) is 9.57. The van der Waals surface area contributed by atoms with Crippen molar-refractivity contribution >= 4 is 43.3 Å². The average molecular weight is 642 g/mol. The molecule has 3 amide bonds. The molecule has 0 saturated heterocycles. The molecule has 4 aromatic carbocycles. The lowest BCUT2D eigenvalue weighted by molar-refractivity contribution is -0.0318. The van der Waals surface area contributed by atoms with Crippen LogP contribution in [-0.4, -0.2) is 57.2 Å². The van der Waals surface area contributed by atoms with Crippen LogP contribution in [0.5, 0.6) is 0 Å². The van der Waals surface area contributed by atoms with E-state index >= 15 is 0 Å². The van der Waals surface area contributed by atoms with Crippen molar-refractivity contribution in [1.82, 2.24) is 5.06 Å². The summed E-state index contributed by atoms with van der Waals surface area (Å²) in [6.45, 7) is -0.608. The number of urea groups is 1. The molecule has 0 aromatic heterocycles. The fourth-order valence-electron chi connectivity index (χ4n) is 3.90. The smallest absolute Gasteiger partial charge is 0.323 e. The Hall–Kier alpha value is -4.63. The molecule has 0 heterocycles. The van der Waals surface area contributed by atoms with Crippen LogP contribution < -0.4 is 10.6 Å². The SMILES string of the molecule is CS(=O)(=O)C(O)CCN(OS(=O)(=O)c1cccc(-c2ccc(F)cc2)c1)C(=O)c1ccc(NC(=O)Nc2ccccc2)cc1. The highest BCUT2D eigenvalue weighted by Crippen LogP contribution is 2.25. The van der Waals surface area contributed by atoms with Crippen molar-refractivity contribution in [3.8, 4) is 11.1 Å². The molecular formula is C30H28FN3O8S2. The van der Waals surface area contributed by atoms with Crippen LogP contribution >= 0.6 is 0 Å². The molecule has 44 heavy (non-hydrogen) atoms. The second-order valence-corrected chi connectivity index (χ2v) is 13.3. The number of nitrogens with one attached hydrogen (secondary N) is 2. The van der Waals surface area contributed by atoms with Crippen LogP contribution in [0.4, 0.5) is 20.6 Å². The summed E-state index contributed by atoms with van der Waals surface area (Å²) in [6, 6.07) is 24.5. The quantitative estimate of drug-likeness (QED) is 0.200. The van der Waals surface area contributed by atoms with Gasteiger partial charge in [-0.1, -0.05) is 42.5 Å². The molecular weight excluding hydrogens is 613 g/mol. The van der Waals surface area contributed by atoms with Crippen molar-refractivity contribution in [3.05, 3.63) is 115 Å². The summed E-state index contributed by atoms with van der Waals surface area (Å²) in [5.74, 6) is -1.42. The number of hydrogen-bond donors (Lipinski definition) is 3. The molecule has 14 heteroatoms. The van der Waals surface area contributed by atoms with Crippen molar-refractivity contribution < 1.29 is 40.2 Å². The zero-order valence-electron chi connectivity index (χ0n) is 23.3. The number of nitrogens with zero attached hydrogens (tertiary/aromatic N) is 1. The van der Waals surface area contributed by atoms with Gasteiger partial charge >= 0.3 is 16.1 Å². The number of hydroxylamine groups is 2. The second kappa shape index (κ2) is 13.8. The van der Waals surface area contributed by atoms with E-state index in [0.29, 0.717) is 27.6 Å². The minimum absolute atomic E-state index is 0.0527. The number of carbonyl (C=O) groups is 2. The van der Waals surface area contributed by atoms with Crippen molar-refractivity contribution in [2.75, 3.05) is 23.4 Å². The third kappa shape index (κ3) is 8.70. The summed E-state index contributed by atoms with van der Waals surface area (Å²) < 4.78 is 68.6. The largest absolute Gasteiger partial charge is 0.377 e. The highest BCUT2D eigenvalue weighted by molar-refractivity contribution is 7.91. The molecule has 0 spiro atoms. The maximum Gasteiger partial charge on any atom is 0.323 e. The highest BCUT2D eigenvalue weighted by Gasteiger charge is 2.28. The average Bonchev–Trinajstić information content (AvgIpc) is 2.99. The number of hydrogen-bond acceptors (Lipinski definition) is 8. The number of halogens is 1. The van der Waals surface area contributed by atoms with Gasteiger partial charge in [0, 0.05) is 29.6 Å². The van der Waals surface area contributed by atoms with Gasteiger partial charge in [0.15, 0.2) is 15.3 Å². The van der Waals surface area contributed by atoms with Crippen LogP contribution in [0.15, 0.2) is 108 Å². The number of sulfone groups is 1. The van der Waals surface area contributed by atoms with Crippen LogP contribution in [0, 0.1) is 5.82 Å². The van der Waals surface area contributed by atoms with Crippen molar-refractivity contribution in [3.63, 3.8) is 0 Å². The third-order valence-electron chi connectivity index (χ3n) is 6.21. The van der Waals surface area contributed by atoms with Crippen LogP contribution in [0.2, 0.25) is 0 Å². The van der Waals surface area contributed by atoms with E-state index in [1.54, 1.807) is 36.4 Å². The Kier molecular flexibility index (Phi) is 10.1. The van der Waals surface area contributed by atoms with Gasteiger partial charge in [0.1, 0.15) is 5.82 Å². The number of aliphatic hydroxyl groups is 1. The number of benzene rings is 4. The van der Waals surface area contributed by atoms with E-state index in [1.807, 2.05) is 0 Å². The first kappa shape index (κ1) is 32.3. The van der Waals surface area contributed by atoms with Crippen molar-refractivity contribution in [2.24, 2.45) is 0 Å². The summed E-state index contributed by atoms with van der Waals surface area (Å²) in [5, 5.41) is 15.7. The molecule has 230 valence electrons. The Bertz CT molecular complexity index is 1840. The summed E-state index contributed by atoms with van der Waals surface area (Å²) in [7, 11) is -8.58. The van der Waals surface area contributed by atoms with Gasteiger partial charge in [0.25, 0.3) is 5.91 Å². The molecule has 0 aliphatic rings. The van der Waals surface area contributed by atoms with Gasteiger partial charge in [-0.2, -0.15) is 13.5 Å². The lowest BCUT2D eigenvalue weighted by Gasteiger charge is -2.22. The minimum Gasteiger partial charge on any atom is -0.377 e. The molecule has 4 rings (SSSR count). The lowest BCUT2D eigenvalue weighted by atomic mass is 10.1. The molecule has 4 aromatic rings. The Morgan fingerprint density at radius 2 is 1.43 bits per heavy atom. The first-order valence-corrected chi connectivity index (χ1v) is 16.4. The molecule has 1 atom stereocenters. The van der Waals surface area contributed by atoms with E-state index in [9.17, 15) is 35.9 Å². The summed E-state index contributed by atoms with van der Waals surface area (Å²) in [6.07, 6.45) is 0.247. The number of carbonyl (C=O) groups excluding carboxylic acids is 2. The van der Waals surface area contributed by atoms with E-state index in [1.165, 1.54) is 66.7 Å². The number of amides is 3. The highest BCUT2D eigenvalue weighted by atomic mass is 32.2. The third-order valence-corrected chi connectivity index (χ3v) is 8.64. The zero-order valence-corrected chi connectivity index (χ0v) is 24.9. The monoisotopic (exact) mass is 641 g/mol. The molecule has 11 nitrogen and oxygen atoms in total. The Balaban J connectivity index is 1.54. The molecule has 0 aliphatic heterocycles. The van der Waals surface area contributed by atoms with Crippen LogP contribution in [0.25, 0.3) is 11.1 Å². The number of aliphatic hydroxyl groups excluding tert-OH is 1. The summed E-state index contributed by atoms with van der Waals surface area (Å²) in [5.41, 5.74) is -0.104. The van der Waals surface area contributed by atoms with Gasteiger partial charge in [0.05, 0.1) is 11.4 Å². The predicted molar refractivity (Wildman–Crippen MR) is 162 cm³/mol. The maximum absolute atomic E-state index is 13.4. The number of rotatable bonds is 11. The standard InChI is InChI=1S/C30H28FN3O8S2/c1-43(38,39)28(35)18-19-34(42-44(40,41)27-9-5-6-23(20-27)21-10-14-24(31)15-11-21)29(36)22-12-16-26(17-13-22)33-30(37)32-25-7-3-2-4-8-25/h2-17,20,28,35H,18-19H2,1H3,(H2,32,33,37). The minimum atomic E-state index is -4.65. The normalized spacial score (nSPS) is 12.2. The van der Waals surface area contributed by atoms with Crippen LogP contribution in [0.1, 0.15) is 16.8 Å². The lowest BCUT2D eigenvalue weighted by Crippen LogP contribution is -2.37. The Labute approximate surface area is 253 Å². The fraction of sp³-hybridized carbons (Fsp3) is 0.133. The van der Waals surface area contributed by atoms with E-state index < -0.39 is 56.1 Å². The first-order valence-electron chi connectivity index (χ1n) is 13.0. The molecule has 0 aliphatic carbocycles. The summed E-state index contributed by atoms with van der Waals surface area (Å²) in [4.78, 5) is 25.3. The Morgan fingerprint density at radius 1 is 0.818 bits per heavy atom. The Morgan fingerprint density at radius 3 is 2.05 bits per heavy atom. The molecule has 1 unspecified atom stereocenters. The van der Waals surface area contributed by atoms with Gasteiger partial charge in [-0.25, -0.2) is 17.6 Å². The summed E-state index contributed by atoms with van der Waals surface area (Å²) >= 11 is 0. The predicted octanol–water partition coefficient (Wildman–Crippen LogP) is 4.65. The van der Waals surface area contributed by atoms with Gasteiger partial charge in [-0.3, -0.25) is 4.79 Å². The van der Waals surface area contributed by atoms with Gasteiger partial charge in [-0.15, -0.1) is 4.28 Å². The van der Waals surface area contributed by atoms with Crippen molar-refractivity contribution in [2.45, 2.75) is 16.8 Å². The van der Waals surface area contributed by atoms with Gasteiger partial charge in [-0.05, 0) is 71.8 Å². The van der Waals surface area contributed by atoms with E-state index in [-0.39, 0.29) is 10.5 Å². The molecule has 0 fully saturated rings.